The number of hydrogen-bond donors (Lipinski definition) is 2. The Morgan fingerprint density at radius 3 is 2.72 bits per heavy atom. The molecule has 2 N–H and O–H groups in total. The number of anilines is 2. The molecular formula is C19H24N2O4. The lowest BCUT2D eigenvalue weighted by atomic mass is 10.3. The van der Waals surface area contributed by atoms with Gasteiger partial charge in [0, 0.05) is 18.4 Å². The van der Waals surface area contributed by atoms with Crippen molar-refractivity contribution in [2.45, 2.75) is 6.92 Å². The van der Waals surface area contributed by atoms with Crippen molar-refractivity contribution < 1.29 is 19.0 Å². The summed E-state index contributed by atoms with van der Waals surface area (Å²) < 4.78 is 16.1. The minimum absolute atomic E-state index is 0.128. The van der Waals surface area contributed by atoms with Gasteiger partial charge in [-0.3, -0.25) is 4.79 Å². The number of amides is 1. The molecule has 134 valence electrons. The normalized spacial score (nSPS) is 10.2. The SMILES string of the molecule is CCOCCOc1ccccc1NCC(=O)Nc1cccc(OC)c1. The zero-order chi connectivity index (χ0) is 17.9. The summed E-state index contributed by atoms with van der Waals surface area (Å²) in [6, 6.07) is 14.7. The van der Waals surface area contributed by atoms with E-state index in [-0.39, 0.29) is 12.5 Å². The number of benzene rings is 2. The summed E-state index contributed by atoms with van der Waals surface area (Å²) in [6.07, 6.45) is 0. The van der Waals surface area contributed by atoms with Gasteiger partial charge in [0.15, 0.2) is 0 Å². The van der Waals surface area contributed by atoms with Gasteiger partial charge in [-0.1, -0.05) is 18.2 Å². The average Bonchev–Trinajstić information content (AvgIpc) is 2.64. The van der Waals surface area contributed by atoms with E-state index in [9.17, 15) is 4.79 Å². The Balaban J connectivity index is 1.86. The van der Waals surface area contributed by atoms with E-state index in [0.717, 1.165) is 5.69 Å². The largest absolute Gasteiger partial charge is 0.497 e. The minimum atomic E-state index is -0.155. The van der Waals surface area contributed by atoms with Gasteiger partial charge in [0.25, 0.3) is 0 Å². The van der Waals surface area contributed by atoms with Crippen LogP contribution in [0, 0.1) is 0 Å². The van der Waals surface area contributed by atoms with Crippen molar-refractivity contribution in [3.63, 3.8) is 0 Å². The van der Waals surface area contributed by atoms with E-state index in [1.54, 1.807) is 13.2 Å². The van der Waals surface area contributed by atoms with Crippen molar-refractivity contribution in [3.8, 4) is 11.5 Å². The molecule has 0 aliphatic heterocycles. The molecule has 0 atom stereocenters. The molecular weight excluding hydrogens is 320 g/mol. The molecule has 1 amide bonds. The summed E-state index contributed by atoms with van der Waals surface area (Å²) in [7, 11) is 1.59. The standard InChI is InChI=1S/C19H24N2O4/c1-3-24-11-12-25-18-10-5-4-9-17(18)20-14-19(22)21-15-7-6-8-16(13-15)23-2/h4-10,13,20H,3,11-12,14H2,1-2H3,(H,21,22). The van der Waals surface area contributed by atoms with E-state index < -0.39 is 0 Å². The van der Waals surface area contributed by atoms with Crippen molar-refractivity contribution >= 4 is 17.3 Å². The van der Waals surface area contributed by atoms with Crippen LogP contribution in [0.3, 0.4) is 0 Å². The van der Waals surface area contributed by atoms with Crippen LogP contribution in [0.4, 0.5) is 11.4 Å². The van der Waals surface area contributed by atoms with Gasteiger partial charge in [0.2, 0.25) is 5.91 Å². The van der Waals surface area contributed by atoms with Crippen LogP contribution in [0.25, 0.3) is 0 Å². The number of nitrogens with one attached hydrogen (secondary N) is 2. The predicted molar refractivity (Wildman–Crippen MR) is 98.5 cm³/mol. The average molecular weight is 344 g/mol. The first-order valence-corrected chi connectivity index (χ1v) is 8.20. The van der Waals surface area contributed by atoms with E-state index >= 15 is 0 Å². The van der Waals surface area contributed by atoms with Crippen LogP contribution in [0.2, 0.25) is 0 Å². The quantitative estimate of drug-likeness (QED) is 0.648. The summed E-state index contributed by atoms with van der Waals surface area (Å²) in [5, 5.41) is 5.92. The molecule has 0 unspecified atom stereocenters. The van der Waals surface area contributed by atoms with Crippen molar-refractivity contribution in [2.75, 3.05) is 44.1 Å². The monoisotopic (exact) mass is 344 g/mol. The van der Waals surface area contributed by atoms with Gasteiger partial charge < -0.3 is 24.8 Å². The Bertz CT molecular complexity index is 676. The van der Waals surface area contributed by atoms with Gasteiger partial charge in [-0.15, -0.1) is 0 Å². The summed E-state index contributed by atoms with van der Waals surface area (Å²) in [4.78, 5) is 12.1. The molecule has 0 aromatic heterocycles. The number of carbonyl (C=O) groups is 1. The molecule has 6 nitrogen and oxygen atoms in total. The summed E-state index contributed by atoms with van der Waals surface area (Å²) in [5.41, 5.74) is 1.45. The minimum Gasteiger partial charge on any atom is -0.497 e. The topological polar surface area (TPSA) is 68.8 Å². The smallest absolute Gasteiger partial charge is 0.243 e. The molecule has 0 saturated carbocycles. The lowest BCUT2D eigenvalue weighted by Gasteiger charge is -2.13. The van der Waals surface area contributed by atoms with Crippen molar-refractivity contribution in [1.29, 1.82) is 0 Å². The second-order valence-corrected chi connectivity index (χ2v) is 5.18. The third-order valence-corrected chi connectivity index (χ3v) is 3.37. The maximum absolute atomic E-state index is 12.1. The molecule has 0 spiro atoms. The molecule has 25 heavy (non-hydrogen) atoms. The predicted octanol–water partition coefficient (Wildman–Crippen LogP) is 3.16. The Morgan fingerprint density at radius 1 is 1.08 bits per heavy atom. The molecule has 2 aromatic carbocycles. The van der Waals surface area contributed by atoms with Gasteiger partial charge in [0.1, 0.15) is 18.1 Å². The van der Waals surface area contributed by atoms with Crippen molar-refractivity contribution in [3.05, 3.63) is 48.5 Å². The second-order valence-electron chi connectivity index (χ2n) is 5.18. The molecule has 0 bridgehead atoms. The Hall–Kier alpha value is -2.73. The van der Waals surface area contributed by atoms with Crippen molar-refractivity contribution in [2.24, 2.45) is 0 Å². The van der Waals surface area contributed by atoms with E-state index in [4.69, 9.17) is 14.2 Å². The van der Waals surface area contributed by atoms with E-state index in [0.29, 0.717) is 37.0 Å². The summed E-state index contributed by atoms with van der Waals surface area (Å²) in [6.45, 7) is 3.72. The van der Waals surface area contributed by atoms with E-state index in [1.807, 2.05) is 49.4 Å². The molecule has 0 heterocycles. The fraction of sp³-hybridized carbons (Fsp3) is 0.316. The van der Waals surface area contributed by atoms with Gasteiger partial charge in [-0.2, -0.15) is 0 Å². The first kappa shape index (κ1) is 18.6. The highest BCUT2D eigenvalue weighted by Crippen LogP contribution is 2.23. The van der Waals surface area contributed by atoms with Gasteiger partial charge in [-0.25, -0.2) is 0 Å². The molecule has 6 heteroatoms. The Morgan fingerprint density at radius 2 is 1.92 bits per heavy atom. The fourth-order valence-corrected chi connectivity index (χ4v) is 2.17. The molecule has 0 saturated heterocycles. The van der Waals surface area contributed by atoms with Crippen LogP contribution >= 0.6 is 0 Å². The maximum Gasteiger partial charge on any atom is 0.243 e. The van der Waals surface area contributed by atoms with Crippen LogP contribution in [-0.4, -0.2) is 39.4 Å². The number of para-hydroxylation sites is 2. The second kappa shape index (κ2) is 10.2. The first-order chi connectivity index (χ1) is 12.2. The Kier molecular flexibility index (Phi) is 7.59. The lowest BCUT2D eigenvalue weighted by Crippen LogP contribution is -2.22. The summed E-state index contributed by atoms with van der Waals surface area (Å²) >= 11 is 0. The van der Waals surface area contributed by atoms with Crippen LogP contribution in [-0.2, 0) is 9.53 Å². The van der Waals surface area contributed by atoms with Gasteiger partial charge in [-0.05, 0) is 31.2 Å². The third kappa shape index (κ3) is 6.35. The summed E-state index contributed by atoms with van der Waals surface area (Å²) in [5.74, 6) is 1.23. The highest BCUT2D eigenvalue weighted by Gasteiger charge is 2.07. The number of rotatable bonds is 10. The zero-order valence-electron chi connectivity index (χ0n) is 14.6. The van der Waals surface area contributed by atoms with Gasteiger partial charge >= 0.3 is 0 Å². The van der Waals surface area contributed by atoms with Gasteiger partial charge in [0.05, 0.1) is 25.9 Å². The number of carbonyl (C=O) groups excluding carboxylic acids is 1. The fourth-order valence-electron chi connectivity index (χ4n) is 2.17. The zero-order valence-corrected chi connectivity index (χ0v) is 14.6. The first-order valence-electron chi connectivity index (χ1n) is 8.20. The lowest BCUT2D eigenvalue weighted by molar-refractivity contribution is -0.114. The van der Waals surface area contributed by atoms with Crippen LogP contribution in [0.5, 0.6) is 11.5 Å². The van der Waals surface area contributed by atoms with E-state index in [2.05, 4.69) is 10.6 Å². The number of hydrogen-bond acceptors (Lipinski definition) is 5. The highest BCUT2D eigenvalue weighted by molar-refractivity contribution is 5.94. The maximum atomic E-state index is 12.1. The van der Waals surface area contributed by atoms with Crippen molar-refractivity contribution in [1.82, 2.24) is 0 Å². The third-order valence-electron chi connectivity index (χ3n) is 3.37. The molecule has 2 aromatic rings. The Labute approximate surface area is 148 Å². The molecule has 2 rings (SSSR count). The molecule has 0 aliphatic carbocycles. The van der Waals surface area contributed by atoms with E-state index in [1.165, 1.54) is 0 Å². The molecule has 0 aliphatic rings. The van der Waals surface area contributed by atoms with Crippen LogP contribution in [0.1, 0.15) is 6.92 Å². The number of ether oxygens (including phenoxy) is 3. The van der Waals surface area contributed by atoms with Crippen LogP contribution < -0.4 is 20.1 Å². The van der Waals surface area contributed by atoms with Crippen LogP contribution in [0.15, 0.2) is 48.5 Å². The highest BCUT2D eigenvalue weighted by atomic mass is 16.5. The molecule has 0 fully saturated rings. The molecule has 0 radical (unpaired) electrons. The number of methoxy groups -OCH3 is 1.